The third kappa shape index (κ3) is 14.7. The lowest BCUT2D eigenvalue weighted by Gasteiger charge is -2.24. The molecule has 2 saturated carbocycles. The number of ether oxygens (including phenoxy) is 2. The van der Waals surface area contributed by atoms with Crippen molar-refractivity contribution in [2.24, 2.45) is 0 Å². The van der Waals surface area contributed by atoms with Crippen LogP contribution < -0.4 is 20.2 Å². The number of aryl methyl sites for hydroxylation is 2. The van der Waals surface area contributed by atoms with Gasteiger partial charge in [-0.25, -0.2) is 13.4 Å². The van der Waals surface area contributed by atoms with E-state index in [9.17, 15) is 27.6 Å². The van der Waals surface area contributed by atoms with Gasteiger partial charge >= 0.3 is 0 Å². The number of allylic oxidation sites excluding steroid dienone is 1. The van der Waals surface area contributed by atoms with Crippen LogP contribution in [0.3, 0.4) is 0 Å². The monoisotopic (exact) mass is 849 g/mol. The first-order valence-corrected chi connectivity index (χ1v) is 22.6. The molecule has 7 rings (SSSR count). The summed E-state index contributed by atoms with van der Waals surface area (Å²) in [5.41, 5.74) is 4.86. The molecule has 0 bridgehead atoms. The fourth-order valence-electron chi connectivity index (χ4n) is 6.12. The van der Waals surface area contributed by atoms with E-state index in [2.05, 4.69) is 54.8 Å². The molecule has 1 aliphatic heterocycles. The zero-order valence-corrected chi connectivity index (χ0v) is 36.5. The Morgan fingerprint density at radius 1 is 1.07 bits per heavy atom. The number of carbonyl (C=O) groups excluding carboxylic acids is 3. The van der Waals surface area contributed by atoms with E-state index in [0.717, 1.165) is 78.2 Å². The van der Waals surface area contributed by atoms with Crippen LogP contribution in [0.25, 0.3) is 21.6 Å². The van der Waals surface area contributed by atoms with Crippen LogP contribution >= 0.6 is 11.3 Å². The van der Waals surface area contributed by atoms with Gasteiger partial charge in [-0.3, -0.25) is 23.9 Å². The zero-order valence-electron chi connectivity index (χ0n) is 34.8. The van der Waals surface area contributed by atoms with E-state index in [1.54, 1.807) is 40.2 Å². The molecule has 2 aromatic heterocycles. The average molecular weight is 850 g/mol. The van der Waals surface area contributed by atoms with Crippen molar-refractivity contribution in [1.29, 1.82) is 0 Å². The maximum atomic E-state index is 12.4. The first-order chi connectivity index (χ1) is 28.3. The lowest BCUT2D eigenvalue weighted by atomic mass is 10.1. The molecule has 15 heteroatoms. The third-order valence-electron chi connectivity index (χ3n) is 9.87. The molecule has 1 saturated heterocycles. The van der Waals surface area contributed by atoms with Gasteiger partial charge in [0.2, 0.25) is 28.2 Å². The number of methoxy groups -OCH3 is 1. The van der Waals surface area contributed by atoms with Crippen molar-refractivity contribution in [3.63, 3.8) is 0 Å². The molecule has 3 heterocycles. The Morgan fingerprint density at radius 2 is 1.80 bits per heavy atom. The van der Waals surface area contributed by atoms with Crippen molar-refractivity contribution in [1.82, 2.24) is 24.9 Å². The molecular weight excluding hydrogens is 791 g/mol. The summed E-state index contributed by atoms with van der Waals surface area (Å²) < 4.78 is 33.8. The van der Waals surface area contributed by atoms with Crippen LogP contribution in [0.15, 0.2) is 71.4 Å². The number of nitrogens with zero attached hydrogens (tertiary/aromatic N) is 2. The number of benzene rings is 2. The molecule has 2 aromatic carbocycles. The number of unbranched alkanes of at least 4 members (excludes halogenated alkanes) is 2. The topological polar surface area (TPSA) is 177 Å². The summed E-state index contributed by atoms with van der Waals surface area (Å²) in [7, 11) is -1.62. The molecule has 3 aliphatic rings. The highest BCUT2D eigenvalue weighted by Gasteiger charge is 2.36. The van der Waals surface area contributed by atoms with Crippen molar-refractivity contribution < 1.29 is 32.3 Å². The van der Waals surface area contributed by atoms with E-state index in [1.165, 1.54) is 5.56 Å². The summed E-state index contributed by atoms with van der Waals surface area (Å²) >= 11 is 1.55. The molecule has 3 fully saturated rings. The lowest BCUT2D eigenvalue weighted by molar-refractivity contribution is -0.142. The van der Waals surface area contributed by atoms with Gasteiger partial charge in [-0.2, -0.15) is 0 Å². The Kier molecular flexibility index (Phi) is 18.3. The summed E-state index contributed by atoms with van der Waals surface area (Å²) in [5, 5.41) is 6.23. The number of amides is 3. The molecule has 0 spiro atoms. The molecule has 59 heavy (non-hydrogen) atoms. The van der Waals surface area contributed by atoms with Gasteiger partial charge < -0.3 is 24.7 Å². The molecule has 13 nitrogen and oxygen atoms in total. The zero-order chi connectivity index (χ0) is 43.0. The Bertz CT molecular complexity index is 2160. The second-order valence-corrected chi connectivity index (χ2v) is 17.9. The normalized spacial score (nSPS) is 15.8. The summed E-state index contributed by atoms with van der Waals surface area (Å²) in [6, 6.07) is 15.6. The summed E-state index contributed by atoms with van der Waals surface area (Å²) in [4.78, 5) is 55.9. The molecule has 0 radical (unpaired) electrons. The number of hydrogen-bond donors (Lipinski definition) is 3. The molecule has 320 valence electrons. The number of aromatic nitrogens is 2. The molecule has 3 N–H and O–H groups in total. The molecule has 2 aliphatic carbocycles. The van der Waals surface area contributed by atoms with Gasteiger partial charge in [0, 0.05) is 41.6 Å². The number of sulfonamides is 1. The number of hydrogen-bond acceptors (Lipinski definition) is 10. The van der Waals surface area contributed by atoms with E-state index < -0.39 is 10.0 Å². The first kappa shape index (κ1) is 46.8. The number of carbonyl (C=O) groups is 3. The minimum absolute atomic E-state index is 0.00389. The number of pyridine rings is 1. The van der Waals surface area contributed by atoms with Gasteiger partial charge in [0.1, 0.15) is 23.4 Å². The summed E-state index contributed by atoms with van der Waals surface area (Å²) in [6.45, 7) is 13.3. The SMILES string of the molecule is C=CCCCCOCC(=O)N1CCCC1C(=O)NC1CC1.COc1ccc2c(=O)cc(-c3nc(C(C)C)cs3)[nH]c2c1C.Cc1ccccc1.O=CNS(=O)(=O)C1CC1. The van der Waals surface area contributed by atoms with Gasteiger partial charge in [0.05, 0.1) is 29.3 Å². The average Bonchev–Trinajstić information content (AvgIpc) is 4.13. The van der Waals surface area contributed by atoms with Gasteiger partial charge in [-0.15, -0.1) is 17.9 Å². The second-order valence-electron chi connectivity index (χ2n) is 15.1. The van der Waals surface area contributed by atoms with Gasteiger partial charge in [-0.05, 0) is 89.7 Å². The highest BCUT2D eigenvalue weighted by Crippen LogP contribution is 2.29. The number of aromatic amines is 1. The van der Waals surface area contributed by atoms with Crippen LogP contribution in [0, 0.1) is 13.8 Å². The lowest BCUT2D eigenvalue weighted by Crippen LogP contribution is -2.47. The van der Waals surface area contributed by atoms with E-state index >= 15 is 0 Å². The van der Waals surface area contributed by atoms with Crippen LogP contribution in [-0.2, 0) is 29.1 Å². The quantitative estimate of drug-likeness (QED) is 0.0650. The Labute approximate surface area is 352 Å². The Balaban J connectivity index is 0.000000191. The second kappa shape index (κ2) is 23.1. The van der Waals surface area contributed by atoms with Crippen LogP contribution in [0.1, 0.15) is 94.4 Å². The number of likely N-dealkylation sites (tertiary alicyclic amines) is 1. The van der Waals surface area contributed by atoms with Crippen LogP contribution in [0.4, 0.5) is 0 Å². The van der Waals surface area contributed by atoms with Crippen molar-refractivity contribution in [2.75, 3.05) is 26.9 Å². The summed E-state index contributed by atoms with van der Waals surface area (Å²) in [6.07, 6.45) is 10.2. The van der Waals surface area contributed by atoms with Crippen molar-refractivity contribution >= 4 is 50.5 Å². The first-order valence-electron chi connectivity index (χ1n) is 20.2. The predicted molar refractivity (Wildman–Crippen MR) is 234 cm³/mol. The standard InChI is InChI=1S/C17H18N2O2S.C16H26N2O3.C7H8.C4H7NO3S/c1-9(2)13-8-22-17(19-13)12-7-14(20)11-5-6-15(21-4)10(3)16(11)18-12;1-2-3-4-5-11-21-12-15(19)18-10-6-7-14(18)16(20)17-13-8-9-13;1-7-5-3-2-4-6-7;6-3-5-9(7,8)4-1-2-4/h5-9H,1-4H3,(H,18,20);2,13-14H,1,3-12H2,(H,17,20);2-6H,1H3;3-4H,1-2H2,(H,5,6). The fourth-order valence-corrected chi connectivity index (χ4v) is 8.16. The molecule has 1 atom stereocenters. The summed E-state index contributed by atoms with van der Waals surface area (Å²) in [5.74, 6) is 1.09. The number of rotatable bonds is 15. The van der Waals surface area contributed by atoms with E-state index in [4.69, 9.17) is 9.47 Å². The maximum Gasteiger partial charge on any atom is 0.249 e. The minimum atomic E-state index is -3.26. The number of thiazole rings is 1. The molecule has 1 unspecified atom stereocenters. The highest BCUT2D eigenvalue weighted by molar-refractivity contribution is 7.90. The maximum absolute atomic E-state index is 12.4. The fraction of sp³-hybridized carbons (Fsp3) is 0.477. The number of H-pyrrole nitrogens is 1. The molecular formula is C44H59N5O8S2. The minimum Gasteiger partial charge on any atom is -0.496 e. The Hall–Kier alpha value is -4.86. The van der Waals surface area contributed by atoms with E-state index in [-0.39, 0.29) is 41.6 Å². The molecule has 4 aromatic rings. The smallest absolute Gasteiger partial charge is 0.249 e. The number of fused-ring (bicyclic) bond motifs is 1. The third-order valence-corrected chi connectivity index (χ3v) is 12.5. The van der Waals surface area contributed by atoms with Gasteiger partial charge in [-0.1, -0.05) is 55.8 Å². The van der Waals surface area contributed by atoms with Crippen molar-refractivity contribution in [3.8, 4) is 16.5 Å². The van der Waals surface area contributed by atoms with E-state index in [0.29, 0.717) is 43.3 Å². The predicted octanol–water partition coefficient (Wildman–Crippen LogP) is 6.94. The van der Waals surface area contributed by atoms with Crippen LogP contribution in [-0.4, -0.2) is 85.7 Å². The van der Waals surface area contributed by atoms with Crippen molar-refractivity contribution in [2.45, 2.75) is 109 Å². The van der Waals surface area contributed by atoms with Crippen LogP contribution in [0.5, 0.6) is 5.75 Å². The van der Waals surface area contributed by atoms with Crippen molar-refractivity contribution in [3.05, 3.63) is 93.6 Å². The highest BCUT2D eigenvalue weighted by atomic mass is 32.2. The van der Waals surface area contributed by atoms with Gasteiger partial charge in [0.15, 0.2) is 5.43 Å². The largest absolute Gasteiger partial charge is 0.496 e. The number of nitrogens with one attached hydrogen (secondary N) is 3. The molecule has 3 amide bonds. The Morgan fingerprint density at radius 3 is 2.37 bits per heavy atom. The van der Waals surface area contributed by atoms with Gasteiger partial charge in [0.25, 0.3) is 0 Å². The van der Waals surface area contributed by atoms with Crippen LogP contribution in [0.2, 0.25) is 0 Å². The van der Waals surface area contributed by atoms with E-state index in [1.807, 2.05) is 42.6 Å².